The second-order valence-electron chi connectivity index (χ2n) is 2.82. The Bertz CT molecular complexity index is 239. The van der Waals surface area contributed by atoms with Gasteiger partial charge in [-0.3, -0.25) is 4.79 Å². The van der Waals surface area contributed by atoms with Gasteiger partial charge in [0.15, 0.2) is 0 Å². The Kier molecular flexibility index (Phi) is 7.23. The molecule has 0 aromatic rings. The summed E-state index contributed by atoms with van der Waals surface area (Å²) >= 11 is 0. The zero-order valence-electron chi connectivity index (χ0n) is 8.40. The van der Waals surface area contributed by atoms with Gasteiger partial charge in [0.1, 0.15) is 0 Å². The zero-order valence-corrected chi connectivity index (χ0v) is 8.40. The number of aliphatic carboxylic acids is 1. The van der Waals surface area contributed by atoms with Gasteiger partial charge >= 0.3 is 5.97 Å². The van der Waals surface area contributed by atoms with Crippen LogP contribution in [0.4, 0.5) is 0 Å². The minimum Gasteiger partial charge on any atom is -0.501 e. The maximum absolute atomic E-state index is 10.1. The number of carbonyl (C=O) groups is 1. The van der Waals surface area contributed by atoms with Crippen molar-refractivity contribution in [1.82, 2.24) is 0 Å². The Hall–Kier alpha value is -1.51. The van der Waals surface area contributed by atoms with Gasteiger partial charge in [-0.25, -0.2) is 0 Å². The number of carboxylic acid groups (broad SMARTS) is 1. The zero-order chi connectivity index (χ0) is 10.8. The van der Waals surface area contributed by atoms with Crippen molar-refractivity contribution in [3.8, 4) is 0 Å². The van der Waals surface area contributed by atoms with Crippen LogP contribution in [0.2, 0.25) is 0 Å². The Morgan fingerprint density at radius 1 is 1.57 bits per heavy atom. The number of allylic oxidation sites excluding steroid dienone is 4. The van der Waals surface area contributed by atoms with Gasteiger partial charge in [0, 0.05) is 6.42 Å². The molecule has 0 rings (SSSR count). The van der Waals surface area contributed by atoms with Crippen molar-refractivity contribution in [2.45, 2.75) is 19.8 Å². The van der Waals surface area contributed by atoms with E-state index in [0.29, 0.717) is 13.0 Å². The lowest BCUT2D eigenvalue weighted by atomic mass is 10.3. The fourth-order valence-electron chi connectivity index (χ4n) is 0.772. The first-order valence-electron chi connectivity index (χ1n) is 4.46. The molecule has 0 aliphatic rings. The average Bonchev–Trinajstić information content (AvgIpc) is 2.11. The molecule has 78 valence electrons. The van der Waals surface area contributed by atoms with Gasteiger partial charge in [-0.2, -0.15) is 0 Å². The minimum absolute atomic E-state index is 0.148. The Balaban J connectivity index is 3.49. The van der Waals surface area contributed by atoms with Crippen LogP contribution in [0.3, 0.4) is 0 Å². The fourth-order valence-corrected chi connectivity index (χ4v) is 0.772. The van der Waals surface area contributed by atoms with Crippen LogP contribution in [0.25, 0.3) is 0 Å². The monoisotopic (exact) mass is 196 g/mol. The Morgan fingerprint density at radius 3 is 2.86 bits per heavy atom. The molecule has 0 aromatic carbocycles. The molecule has 0 heterocycles. The highest BCUT2D eigenvalue weighted by atomic mass is 16.5. The van der Waals surface area contributed by atoms with Gasteiger partial charge < -0.3 is 9.84 Å². The van der Waals surface area contributed by atoms with Crippen molar-refractivity contribution in [1.29, 1.82) is 0 Å². The second kappa shape index (κ2) is 8.10. The SMILES string of the molecule is C=C/C=C(C)\C=C\OCCCC(=O)O. The molecule has 0 aromatic heterocycles. The Labute approximate surface area is 84.4 Å². The van der Waals surface area contributed by atoms with Gasteiger partial charge in [0.05, 0.1) is 12.9 Å². The maximum Gasteiger partial charge on any atom is 0.303 e. The molecule has 3 heteroatoms. The van der Waals surface area contributed by atoms with E-state index in [9.17, 15) is 4.79 Å². The summed E-state index contributed by atoms with van der Waals surface area (Å²) < 4.78 is 5.08. The van der Waals surface area contributed by atoms with Crippen molar-refractivity contribution in [3.05, 3.63) is 36.6 Å². The topological polar surface area (TPSA) is 46.5 Å². The van der Waals surface area contributed by atoms with E-state index >= 15 is 0 Å². The molecule has 0 fully saturated rings. The largest absolute Gasteiger partial charge is 0.501 e. The van der Waals surface area contributed by atoms with Crippen LogP contribution in [0, 0.1) is 0 Å². The van der Waals surface area contributed by atoms with E-state index in [2.05, 4.69) is 6.58 Å². The third-order valence-electron chi connectivity index (χ3n) is 1.46. The molecule has 0 saturated heterocycles. The van der Waals surface area contributed by atoms with Crippen LogP contribution >= 0.6 is 0 Å². The normalized spacial score (nSPS) is 11.6. The summed E-state index contributed by atoms with van der Waals surface area (Å²) in [4.78, 5) is 10.1. The highest BCUT2D eigenvalue weighted by molar-refractivity contribution is 5.66. The van der Waals surface area contributed by atoms with E-state index in [4.69, 9.17) is 9.84 Å². The molecule has 0 aliphatic carbocycles. The third-order valence-corrected chi connectivity index (χ3v) is 1.46. The summed E-state index contributed by atoms with van der Waals surface area (Å²) in [6.07, 6.45) is 7.61. The fraction of sp³-hybridized carbons (Fsp3) is 0.364. The first kappa shape index (κ1) is 12.5. The van der Waals surface area contributed by atoms with E-state index in [-0.39, 0.29) is 6.42 Å². The predicted octanol–water partition coefficient (Wildman–Crippen LogP) is 2.51. The van der Waals surface area contributed by atoms with E-state index in [1.807, 2.05) is 19.1 Å². The van der Waals surface area contributed by atoms with Crippen molar-refractivity contribution in [3.63, 3.8) is 0 Å². The molecule has 0 amide bonds. The summed E-state index contributed by atoms with van der Waals surface area (Å²) in [5, 5.41) is 8.33. The quantitative estimate of drug-likeness (QED) is 0.386. The molecular formula is C11H16O3. The molecule has 0 aliphatic heterocycles. The molecule has 0 bridgehead atoms. The summed E-state index contributed by atoms with van der Waals surface area (Å²) in [7, 11) is 0. The lowest BCUT2D eigenvalue weighted by molar-refractivity contribution is -0.137. The molecule has 0 spiro atoms. The summed E-state index contributed by atoms with van der Waals surface area (Å²) in [5.74, 6) is -0.791. The van der Waals surface area contributed by atoms with Gasteiger partial charge in [0.2, 0.25) is 0 Å². The van der Waals surface area contributed by atoms with Gasteiger partial charge in [-0.1, -0.05) is 18.7 Å². The lowest BCUT2D eigenvalue weighted by Gasteiger charge is -1.97. The number of hydrogen-bond donors (Lipinski definition) is 1. The van der Waals surface area contributed by atoms with Crippen LogP contribution in [-0.4, -0.2) is 17.7 Å². The van der Waals surface area contributed by atoms with Gasteiger partial charge in [-0.15, -0.1) is 0 Å². The maximum atomic E-state index is 10.1. The first-order chi connectivity index (χ1) is 6.66. The average molecular weight is 196 g/mol. The van der Waals surface area contributed by atoms with Crippen molar-refractivity contribution in [2.75, 3.05) is 6.61 Å². The molecule has 14 heavy (non-hydrogen) atoms. The highest BCUT2D eigenvalue weighted by Gasteiger charge is 1.94. The number of carboxylic acids is 1. The van der Waals surface area contributed by atoms with Crippen LogP contribution < -0.4 is 0 Å². The standard InChI is InChI=1S/C11H16O3/c1-3-5-10(2)7-9-14-8-4-6-11(12)13/h3,5,7,9H,1,4,6,8H2,2H3,(H,12,13)/b9-7+,10-5-. The predicted molar refractivity (Wildman–Crippen MR) is 55.9 cm³/mol. The number of ether oxygens (including phenoxy) is 1. The Morgan fingerprint density at radius 2 is 2.29 bits per heavy atom. The first-order valence-corrected chi connectivity index (χ1v) is 4.46. The molecule has 3 nitrogen and oxygen atoms in total. The van der Waals surface area contributed by atoms with Gasteiger partial charge in [-0.05, 0) is 25.0 Å². The lowest BCUT2D eigenvalue weighted by Crippen LogP contribution is -1.97. The summed E-state index contributed by atoms with van der Waals surface area (Å²) in [6.45, 7) is 5.93. The van der Waals surface area contributed by atoms with E-state index < -0.39 is 5.97 Å². The smallest absolute Gasteiger partial charge is 0.303 e. The molecule has 1 N–H and O–H groups in total. The van der Waals surface area contributed by atoms with E-state index in [1.165, 1.54) is 0 Å². The third kappa shape index (κ3) is 8.59. The molecule has 0 radical (unpaired) electrons. The van der Waals surface area contributed by atoms with Crippen molar-refractivity contribution in [2.24, 2.45) is 0 Å². The van der Waals surface area contributed by atoms with Crippen LogP contribution in [0.15, 0.2) is 36.6 Å². The number of hydrogen-bond acceptors (Lipinski definition) is 2. The molecule has 0 saturated carbocycles. The minimum atomic E-state index is -0.791. The van der Waals surface area contributed by atoms with E-state index in [0.717, 1.165) is 5.57 Å². The van der Waals surface area contributed by atoms with Crippen molar-refractivity contribution < 1.29 is 14.6 Å². The van der Waals surface area contributed by atoms with Crippen LogP contribution in [0.5, 0.6) is 0 Å². The van der Waals surface area contributed by atoms with Crippen LogP contribution in [0.1, 0.15) is 19.8 Å². The van der Waals surface area contributed by atoms with Gasteiger partial charge in [0.25, 0.3) is 0 Å². The van der Waals surface area contributed by atoms with Crippen molar-refractivity contribution >= 4 is 5.97 Å². The summed E-state index contributed by atoms with van der Waals surface area (Å²) in [5.41, 5.74) is 1.04. The number of rotatable bonds is 7. The summed E-state index contributed by atoms with van der Waals surface area (Å²) in [6, 6.07) is 0. The van der Waals surface area contributed by atoms with E-state index in [1.54, 1.807) is 12.3 Å². The molecule has 0 unspecified atom stereocenters. The van der Waals surface area contributed by atoms with Crippen LogP contribution in [-0.2, 0) is 9.53 Å². The molecule has 0 atom stereocenters. The molecular weight excluding hydrogens is 180 g/mol. The highest BCUT2D eigenvalue weighted by Crippen LogP contribution is 1.96. The second-order valence-corrected chi connectivity index (χ2v) is 2.82.